The molecule has 0 radical (unpaired) electrons. The third-order valence-corrected chi connectivity index (χ3v) is 3.83. The van der Waals surface area contributed by atoms with E-state index in [-0.39, 0.29) is 11.3 Å². The zero-order chi connectivity index (χ0) is 15.1. The number of hydrogen-bond acceptors (Lipinski definition) is 2. The first-order chi connectivity index (χ1) is 9.99. The van der Waals surface area contributed by atoms with Gasteiger partial charge in [-0.3, -0.25) is 4.57 Å². The molecule has 1 aromatic heterocycles. The molecular formula is C15H11BrN2O3. The van der Waals surface area contributed by atoms with Crippen molar-refractivity contribution in [2.45, 2.75) is 6.92 Å². The molecule has 0 atom stereocenters. The van der Waals surface area contributed by atoms with E-state index in [1.54, 1.807) is 18.2 Å². The van der Waals surface area contributed by atoms with Crippen LogP contribution in [0, 0.1) is 6.92 Å². The van der Waals surface area contributed by atoms with E-state index >= 15 is 0 Å². The minimum atomic E-state index is -1.07. The lowest BCUT2D eigenvalue weighted by Gasteiger charge is -2.09. The molecule has 0 fully saturated rings. The van der Waals surface area contributed by atoms with Crippen molar-refractivity contribution in [1.29, 1.82) is 0 Å². The number of aryl methyl sites for hydroxylation is 1. The Labute approximate surface area is 128 Å². The number of carbonyl (C=O) groups is 1. The van der Waals surface area contributed by atoms with E-state index in [0.717, 1.165) is 10.0 Å². The zero-order valence-corrected chi connectivity index (χ0v) is 12.6. The first-order valence-corrected chi connectivity index (χ1v) is 7.02. The minimum Gasteiger partial charge on any atom is -0.478 e. The second kappa shape index (κ2) is 4.89. The van der Waals surface area contributed by atoms with Crippen molar-refractivity contribution >= 4 is 32.9 Å². The number of aromatic nitrogens is 2. The van der Waals surface area contributed by atoms with Crippen LogP contribution >= 0.6 is 15.9 Å². The van der Waals surface area contributed by atoms with Crippen molar-refractivity contribution in [2.24, 2.45) is 0 Å². The van der Waals surface area contributed by atoms with Crippen LogP contribution in [0.25, 0.3) is 16.7 Å². The number of rotatable bonds is 2. The lowest BCUT2D eigenvalue weighted by atomic mass is 10.1. The molecule has 0 aliphatic rings. The Morgan fingerprint density at radius 3 is 2.71 bits per heavy atom. The maximum absolute atomic E-state index is 12.3. The Bertz CT molecular complexity index is 924. The molecule has 0 aliphatic carbocycles. The number of nitrogens with zero attached hydrogens (tertiary/aromatic N) is 1. The molecule has 0 saturated carbocycles. The van der Waals surface area contributed by atoms with Crippen LogP contribution in [-0.4, -0.2) is 20.6 Å². The molecule has 3 rings (SSSR count). The monoisotopic (exact) mass is 346 g/mol. The van der Waals surface area contributed by atoms with Gasteiger partial charge in [-0.25, -0.2) is 9.59 Å². The number of carboxylic acid groups (broad SMARTS) is 1. The van der Waals surface area contributed by atoms with E-state index in [2.05, 4.69) is 20.9 Å². The molecular weight excluding hydrogens is 336 g/mol. The van der Waals surface area contributed by atoms with Gasteiger partial charge < -0.3 is 10.1 Å². The molecule has 3 aromatic rings. The molecule has 21 heavy (non-hydrogen) atoms. The van der Waals surface area contributed by atoms with E-state index < -0.39 is 5.97 Å². The van der Waals surface area contributed by atoms with Gasteiger partial charge >= 0.3 is 11.7 Å². The smallest absolute Gasteiger partial charge is 0.337 e. The molecule has 1 heterocycles. The van der Waals surface area contributed by atoms with E-state index in [9.17, 15) is 14.7 Å². The number of aromatic amines is 1. The second-order valence-corrected chi connectivity index (χ2v) is 5.62. The Morgan fingerprint density at radius 2 is 2.05 bits per heavy atom. The number of carboxylic acids is 1. The molecule has 0 unspecified atom stereocenters. The van der Waals surface area contributed by atoms with Gasteiger partial charge in [-0.1, -0.05) is 22.0 Å². The summed E-state index contributed by atoms with van der Waals surface area (Å²) in [5, 5.41) is 9.34. The summed E-state index contributed by atoms with van der Waals surface area (Å²) in [7, 11) is 0. The van der Waals surface area contributed by atoms with Gasteiger partial charge in [-0.2, -0.15) is 0 Å². The normalized spacial score (nSPS) is 11.0. The Balaban J connectivity index is 2.45. The van der Waals surface area contributed by atoms with Gasteiger partial charge in [0, 0.05) is 4.47 Å². The number of hydrogen-bond donors (Lipinski definition) is 2. The molecule has 0 amide bonds. The second-order valence-electron chi connectivity index (χ2n) is 4.70. The zero-order valence-electron chi connectivity index (χ0n) is 11.1. The largest absolute Gasteiger partial charge is 0.478 e. The van der Waals surface area contributed by atoms with E-state index in [0.29, 0.717) is 16.7 Å². The Kier molecular flexibility index (Phi) is 3.17. The highest BCUT2D eigenvalue weighted by molar-refractivity contribution is 9.10. The number of aromatic carboxylic acids is 1. The van der Waals surface area contributed by atoms with Gasteiger partial charge in [0.05, 0.1) is 22.3 Å². The van der Waals surface area contributed by atoms with Crippen LogP contribution in [0.1, 0.15) is 15.9 Å². The fourth-order valence-corrected chi connectivity index (χ4v) is 2.91. The molecule has 2 aromatic carbocycles. The van der Waals surface area contributed by atoms with Gasteiger partial charge in [0.25, 0.3) is 0 Å². The average Bonchev–Trinajstić information content (AvgIpc) is 2.74. The molecule has 0 saturated heterocycles. The van der Waals surface area contributed by atoms with Crippen LogP contribution in [0.2, 0.25) is 0 Å². The lowest BCUT2D eigenvalue weighted by Crippen LogP contribution is -2.16. The maximum atomic E-state index is 12.3. The van der Waals surface area contributed by atoms with Crippen molar-refractivity contribution < 1.29 is 9.90 Å². The summed E-state index contributed by atoms with van der Waals surface area (Å²) in [6.07, 6.45) is 0. The Morgan fingerprint density at radius 1 is 1.29 bits per heavy atom. The quantitative estimate of drug-likeness (QED) is 0.748. The van der Waals surface area contributed by atoms with E-state index in [4.69, 9.17) is 0 Å². The van der Waals surface area contributed by atoms with Crippen molar-refractivity contribution in [2.75, 3.05) is 0 Å². The summed E-state index contributed by atoms with van der Waals surface area (Å²) in [4.78, 5) is 26.4. The van der Waals surface area contributed by atoms with Gasteiger partial charge in [0.15, 0.2) is 0 Å². The highest BCUT2D eigenvalue weighted by Gasteiger charge is 2.17. The maximum Gasteiger partial charge on any atom is 0.337 e. The number of fused-ring (bicyclic) bond motifs is 1. The van der Waals surface area contributed by atoms with Gasteiger partial charge in [0.2, 0.25) is 0 Å². The summed E-state index contributed by atoms with van der Waals surface area (Å²) in [6, 6.07) is 10.3. The van der Waals surface area contributed by atoms with Crippen LogP contribution in [0.3, 0.4) is 0 Å². The number of benzene rings is 2. The van der Waals surface area contributed by atoms with Crippen LogP contribution < -0.4 is 5.69 Å². The molecule has 6 heteroatoms. The highest BCUT2D eigenvalue weighted by Crippen LogP contribution is 2.24. The van der Waals surface area contributed by atoms with Crippen LogP contribution in [0.4, 0.5) is 0 Å². The third kappa shape index (κ3) is 2.17. The number of H-pyrrole nitrogens is 1. The average molecular weight is 347 g/mol. The fraction of sp³-hybridized carbons (Fsp3) is 0.0667. The summed E-state index contributed by atoms with van der Waals surface area (Å²) in [6.45, 7) is 1.87. The molecule has 0 spiro atoms. The van der Waals surface area contributed by atoms with Crippen LogP contribution in [-0.2, 0) is 0 Å². The number of nitrogens with one attached hydrogen (secondary N) is 1. The first-order valence-electron chi connectivity index (χ1n) is 6.22. The topological polar surface area (TPSA) is 75.1 Å². The van der Waals surface area contributed by atoms with Crippen LogP contribution in [0.15, 0.2) is 45.7 Å². The highest BCUT2D eigenvalue weighted by atomic mass is 79.9. The van der Waals surface area contributed by atoms with Gasteiger partial charge in [-0.05, 0) is 42.8 Å². The molecule has 5 nitrogen and oxygen atoms in total. The first kappa shape index (κ1) is 13.6. The standard InChI is InChI=1S/C15H11BrN2O3/c1-8-7-9(16)5-6-12(8)18-13-10(14(19)20)3-2-4-11(13)17-15(18)21/h2-7H,1H3,(H,17,21)(H,19,20). The summed E-state index contributed by atoms with van der Waals surface area (Å²) in [5.41, 5.74) is 2.13. The van der Waals surface area contributed by atoms with Crippen molar-refractivity contribution in [1.82, 2.24) is 9.55 Å². The van der Waals surface area contributed by atoms with Crippen molar-refractivity contribution in [3.05, 3.63) is 62.5 Å². The van der Waals surface area contributed by atoms with E-state index in [1.807, 2.05) is 19.1 Å². The number of imidazole rings is 1. The Hall–Kier alpha value is -2.34. The van der Waals surface area contributed by atoms with Crippen molar-refractivity contribution in [3.8, 4) is 5.69 Å². The summed E-state index contributed by atoms with van der Waals surface area (Å²) >= 11 is 3.38. The van der Waals surface area contributed by atoms with E-state index in [1.165, 1.54) is 10.6 Å². The number of para-hydroxylation sites is 1. The predicted molar refractivity (Wildman–Crippen MR) is 83.3 cm³/mol. The summed E-state index contributed by atoms with van der Waals surface area (Å²) in [5.74, 6) is -1.07. The molecule has 2 N–H and O–H groups in total. The minimum absolute atomic E-state index is 0.0909. The molecule has 106 valence electrons. The number of halogens is 1. The molecule has 0 aliphatic heterocycles. The van der Waals surface area contributed by atoms with Crippen LogP contribution in [0.5, 0.6) is 0 Å². The lowest BCUT2D eigenvalue weighted by molar-refractivity contribution is 0.0698. The van der Waals surface area contributed by atoms with Gasteiger partial charge in [0.1, 0.15) is 0 Å². The fourth-order valence-electron chi connectivity index (χ4n) is 2.43. The van der Waals surface area contributed by atoms with Crippen molar-refractivity contribution in [3.63, 3.8) is 0 Å². The SMILES string of the molecule is Cc1cc(Br)ccc1-n1c(=O)[nH]c2cccc(C(=O)O)c21. The predicted octanol–water partition coefficient (Wildman–Crippen LogP) is 3.09. The third-order valence-electron chi connectivity index (χ3n) is 3.33. The van der Waals surface area contributed by atoms with Gasteiger partial charge in [-0.15, -0.1) is 0 Å². The summed E-state index contributed by atoms with van der Waals surface area (Å²) < 4.78 is 2.30. The molecule has 0 bridgehead atoms.